The molecule has 9 heteroatoms. The number of nitrogens with one attached hydrogen (secondary N) is 1. The number of hydrogen-bond acceptors (Lipinski definition) is 2. The summed E-state index contributed by atoms with van der Waals surface area (Å²) in [6.07, 6.45) is -9.91. The highest BCUT2D eigenvalue weighted by Gasteiger charge is 2.36. The molecule has 0 saturated carbocycles. The van der Waals surface area contributed by atoms with E-state index in [4.69, 9.17) is 4.74 Å². The molecule has 3 aromatic rings. The average Bonchev–Trinajstić information content (AvgIpc) is 2.76. The van der Waals surface area contributed by atoms with Gasteiger partial charge in [0.05, 0.1) is 18.2 Å². The monoisotopic (exact) mass is 453 g/mol. The molecule has 168 valence electrons. The zero-order valence-corrected chi connectivity index (χ0v) is 16.6. The Bertz CT molecular complexity index is 1090. The molecule has 0 unspecified atom stereocenters. The highest BCUT2D eigenvalue weighted by molar-refractivity contribution is 5.95. The lowest BCUT2D eigenvalue weighted by Gasteiger charge is -2.15. The molecule has 0 bridgehead atoms. The van der Waals surface area contributed by atoms with E-state index < -0.39 is 35.9 Å². The quantitative estimate of drug-likeness (QED) is 0.459. The Morgan fingerprint density at radius 1 is 0.812 bits per heavy atom. The van der Waals surface area contributed by atoms with Crippen molar-refractivity contribution in [3.63, 3.8) is 0 Å². The van der Waals surface area contributed by atoms with Gasteiger partial charge in [0.2, 0.25) is 0 Å². The molecule has 0 aromatic heterocycles. The molecular formula is C23H17F6NO2. The highest BCUT2D eigenvalue weighted by Crippen LogP contribution is 2.36. The minimum Gasteiger partial charge on any atom is -0.497 e. The predicted molar refractivity (Wildman–Crippen MR) is 106 cm³/mol. The number of benzene rings is 3. The predicted octanol–water partition coefficient (Wildman–Crippen LogP) is 6.33. The number of halogens is 6. The Hall–Kier alpha value is -3.49. The number of amides is 1. The van der Waals surface area contributed by atoms with E-state index in [1.165, 1.54) is 13.2 Å². The van der Waals surface area contributed by atoms with Gasteiger partial charge in [-0.15, -0.1) is 0 Å². The van der Waals surface area contributed by atoms with Crippen LogP contribution in [0, 0.1) is 0 Å². The van der Waals surface area contributed by atoms with E-state index in [1.807, 2.05) is 0 Å². The van der Waals surface area contributed by atoms with Gasteiger partial charge in [0, 0.05) is 12.1 Å². The van der Waals surface area contributed by atoms with Gasteiger partial charge in [-0.25, -0.2) is 0 Å². The summed E-state index contributed by atoms with van der Waals surface area (Å²) in [6.45, 7) is -0.505. The number of rotatable bonds is 5. The van der Waals surface area contributed by atoms with Gasteiger partial charge in [0.1, 0.15) is 5.75 Å². The van der Waals surface area contributed by atoms with Crippen LogP contribution in [0.4, 0.5) is 26.3 Å². The van der Waals surface area contributed by atoms with Crippen molar-refractivity contribution in [1.29, 1.82) is 0 Å². The first-order valence-electron chi connectivity index (χ1n) is 9.28. The lowest BCUT2D eigenvalue weighted by atomic mass is 10.0. The first-order chi connectivity index (χ1) is 15.0. The lowest BCUT2D eigenvalue weighted by molar-refractivity contribution is -0.143. The zero-order valence-electron chi connectivity index (χ0n) is 16.6. The summed E-state index contributed by atoms with van der Waals surface area (Å²) in [5, 5.41) is 2.38. The fraction of sp³-hybridized carbons (Fsp3) is 0.174. The summed E-state index contributed by atoms with van der Waals surface area (Å²) in [4.78, 5) is 12.5. The second-order valence-electron chi connectivity index (χ2n) is 6.91. The van der Waals surface area contributed by atoms with Crippen molar-refractivity contribution >= 4 is 5.91 Å². The third-order valence-electron chi connectivity index (χ3n) is 4.63. The maximum atomic E-state index is 13.0. The van der Waals surface area contributed by atoms with Crippen LogP contribution in [0.25, 0.3) is 11.1 Å². The van der Waals surface area contributed by atoms with Crippen LogP contribution in [0.5, 0.6) is 5.75 Å². The Balaban J connectivity index is 1.81. The number of hydrogen-bond donors (Lipinski definition) is 1. The van der Waals surface area contributed by atoms with Crippen molar-refractivity contribution in [2.45, 2.75) is 18.9 Å². The van der Waals surface area contributed by atoms with Gasteiger partial charge in [-0.05, 0) is 59.2 Å². The molecule has 0 aliphatic carbocycles. The van der Waals surface area contributed by atoms with E-state index in [1.54, 1.807) is 42.5 Å². The molecule has 3 rings (SSSR count). The van der Waals surface area contributed by atoms with E-state index in [-0.39, 0.29) is 17.2 Å². The molecule has 3 aromatic carbocycles. The molecule has 32 heavy (non-hydrogen) atoms. The van der Waals surface area contributed by atoms with Crippen LogP contribution < -0.4 is 10.1 Å². The lowest BCUT2D eigenvalue weighted by Crippen LogP contribution is -2.23. The topological polar surface area (TPSA) is 38.3 Å². The molecular weight excluding hydrogens is 436 g/mol. The molecule has 0 heterocycles. The molecule has 1 amide bonds. The molecule has 0 spiro atoms. The Morgan fingerprint density at radius 2 is 1.38 bits per heavy atom. The van der Waals surface area contributed by atoms with Gasteiger partial charge in [-0.3, -0.25) is 4.79 Å². The van der Waals surface area contributed by atoms with Crippen LogP contribution in [0.15, 0.2) is 66.7 Å². The fourth-order valence-electron chi connectivity index (χ4n) is 3.05. The summed E-state index contributed by atoms with van der Waals surface area (Å²) in [5.41, 5.74) is -1.52. The fourth-order valence-corrected chi connectivity index (χ4v) is 3.05. The van der Waals surface area contributed by atoms with Crippen molar-refractivity contribution in [2.75, 3.05) is 7.11 Å². The van der Waals surface area contributed by atoms with Crippen LogP contribution in [0.1, 0.15) is 27.0 Å². The van der Waals surface area contributed by atoms with Crippen LogP contribution in [-0.2, 0) is 18.9 Å². The smallest absolute Gasteiger partial charge is 0.416 e. The van der Waals surface area contributed by atoms with Crippen molar-refractivity contribution in [3.8, 4) is 16.9 Å². The summed E-state index contributed by atoms with van der Waals surface area (Å²) in [7, 11) is 1.51. The van der Waals surface area contributed by atoms with E-state index in [0.717, 1.165) is 5.56 Å². The molecule has 0 aliphatic rings. The standard InChI is InChI=1S/C23H17F6NO2/c1-32-20-7-3-5-16(11-20)15-4-2-6-17(10-15)21(31)30-13-14-8-18(22(24,25)26)12-19(9-14)23(27,28)29/h2-12H,13H2,1H3,(H,30,31). The normalized spacial score (nSPS) is 11.8. The van der Waals surface area contributed by atoms with Gasteiger partial charge in [0.15, 0.2) is 0 Å². The second-order valence-corrected chi connectivity index (χ2v) is 6.91. The number of carbonyl (C=O) groups excluding carboxylic acids is 1. The summed E-state index contributed by atoms with van der Waals surface area (Å²) in [5.74, 6) is -0.0249. The second kappa shape index (κ2) is 8.94. The summed E-state index contributed by atoms with van der Waals surface area (Å²) in [6, 6.07) is 14.7. The van der Waals surface area contributed by atoms with Crippen molar-refractivity contribution < 1.29 is 35.9 Å². The minimum atomic E-state index is -4.95. The van der Waals surface area contributed by atoms with Gasteiger partial charge in [-0.2, -0.15) is 26.3 Å². The first kappa shape index (κ1) is 23.2. The van der Waals surface area contributed by atoms with Gasteiger partial charge < -0.3 is 10.1 Å². The first-order valence-corrected chi connectivity index (χ1v) is 9.28. The largest absolute Gasteiger partial charge is 0.497 e. The molecule has 3 nitrogen and oxygen atoms in total. The number of methoxy groups -OCH3 is 1. The van der Waals surface area contributed by atoms with Crippen molar-refractivity contribution in [3.05, 3.63) is 89.0 Å². The Morgan fingerprint density at radius 3 is 1.94 bits per heavy atom. The third kappa shape index (κ3) is 5.60. The summed E-state index contributed by atoms with van der Waals surface area (Å²) < 4.78 is 83.1. The van der Waals surface area contributed by atoms with E-state index in [9.17, 15) is 31.1 Å². The van der Waals surface area contributed by atoms with E-state index >= 15 is 0 Å². The third-order valence-corrected chi connectivity index (χ3v) is 4.63. The molecule has 0 fully saturated rings. The van der Waals surface area contributed by atoms with E-state index in [2.05, 4.69) is 5.32 Å². The zero-order chi connectivity index (χ0) is 23.5. The molecule has 0 aliphatic heterocycles. The van der Waals surface area contributed by atoms with Gasteiger partial charge in [-0.1, -0.05) is 24.3 Å². The van der Waals surface area contributed by atoms with Crippen LogP contribution in [0.2, 0.25) is 0 Å². The molecule has 0 radical (unpaired) electrons. The molecule has 1 N–H and O–H groups in total. The average molecular weight is 453 g/mol. The van der Waals surface area contributed by atoms with Crippen LogP contribution in [0.3, 0.4) is 0 Å². The van der Waals surface area contributed by atoms with Crippen LogP contribution >= 0.6 is 0 Å². The highest BCUT2D eigenvalue weighted by atomic mass is 19.4. The molecule has 0 saturated heterocycles. The van der Waals surface area contributed by atoms with Gasteiger partial charge in [0.25, 0.3) is 5.91 Å². The van der Waals surface area contributed by atoms with E-state index in [0.29, 0.717) is 23.4 Å². The number of carbonyl (C=O) groups is 1. The van der Waals surface area contributed by atoms with Crippen LogP contribution in [-0.4, -0.2) is 13.0 Å². The minimum absolute atomic E-state index is 0.0446. The van der Waals surface area contributed by atoms with Crippen molar-refractivity contribution in [1.82, 2.24) is 5.32 Å². The number of alkyl halides is 6. The molecule has 0 atom stereocenters. The van der Waals surface area contributed by atoms with Crippen molar-refractivity contribution in [2.24, 2.45) is 0 Å². The Kier molecular flexibility index (Phi) is 6.47. The number of ether oxygens (including phenoxy) is 1. The SMILES string of the molecule is COc1cccc(-c2cccc(C(=O)NCc3cc(C(F)(F)F)cc(C(F)(F)F)c3)c2)c1. The Labute approximate surface area is 179 Å². The van der Waals surface area contributed by atoms with Gasteiger partial charge >= 0.3 is 12.4 Å². The summed E-state index contributed by atoms with van der Waals surface area (Å²) >= 11 is 0. The maximum Gasteiger partial charge on any atom is 0.416 e. The maximum absolute atomic E-state index is 13.0.